The molecule has 0 radical (unpaired) electrons. The van der Waals surface area contributed by atoms with Gasteiger partial charge in [-0.1, -0.05) is 25.1 Å². The van der Waals surface area contributed by atoms with Gasteiger partial charge in [0.1, 0.15) is 6.54 Å². The number of nitrogens with zero attached hydrogens (tertiary/aromatic N) is 4. The zero-order chi connectivity index (χ0) is 19.0. The Bertz CT molecular complexity index is 993. The Morgan fingerprint density at radius 3 is 2.78 bits per heavy atom. The van der Waals surface area contributed by atoms with Crippen LogP contribution in [0.5, 0.6) is 0 Å². The van der Waals surface area contributed by atoms with E-state index in [2.05, 4.69) is 10.1 Å². The summed E-state index contributed by atoms with van der Waals surface area (Å²) in [7, 11) is 0. The van der Waals surface area contributed by atoms with E-state index >= 15 is 0 Å². The average molecular weight is 366 g/mol. The van der Waals surface area contributed by atoms with Gasteiger partial charge in [-0.3, -0.25) is 9.59 Å². The van der Waals surface area contributed by atoms with E-state index in [1.807, 2.05) is 25.1 Å². The van der Waals surface area contributed by atoms with E-state index < -0.39 is 5.97 Å². The highest BCUT2D eigenvalue weighted by molar-refractivity contribution is 5.98. The Morgan fingerprint density at radius 1 is 1.30 bits per heavy atom. The van der Waals surface area contributed by atoms with Crippen LogP contribution in [0.25, 0.3) is 11.6 Å². The van der Waals surface area contributed by atoms with Crippen LogP contribution in [0.2, 0.25) is 0 Å². The van der Waals surface area contributed by atoms with Gasteiger partial charge in [-0.25, -0.2) is 9.67 Å². The Balaban J connectivity index is 1.74. The summed E-state index contributed by atoms with van der Waals surface area (Å²) in [5.41, 5.74) is 1.63. The van der Waals surface area contributed by atoms with E-state index in [1.165, 1.54) is 10.9 Å². The van der Waals surface area contributed by atoms with Crippen molar-refractivity contribution in [3.05, 3.63) is 59.6 Å². The van der Waals surface area contributed by atoms with Crippen molar-refractivity contribution in [1.29, 1.82) is 0 Å². The lowest BCUT2D eigenvalue weighted by molar-refractivity contribution is -0.138. The van der Waals surface area contributed by atoms with Crippen molar-refractivity contribution in [2.75, 3.05) is 0 Å². The predicted molar refractivity (Wildman–Crippen MR) is 94.7 cm³/mol. The van der Waals surface area contributed by atoms with E-state index in [4.69, 9.17) is 4.42 Å². The fourth-order valence-corrected chi connectivity index (χ4v) is 3.43. The molecule has 138 valence electrons. The first-order chi connectivity index (χ1) is 13.1. The zero-order valence-corrected chi connectivity index (χ0v) is 14.7. The predicted octanol–water partition coefficient (Wildman–Crippen LogP) is 2.73. The molecule has 2 aromatic heterocycles. The molecular weight excluding hydrogens is 348 g/mol. The molecule has 0 aliphatic carbocycles. The summed E-state index contributed by atoms with van der Waals surface area (Å²) in [5, 5.41) is 13.6. The Hall–Kier alpha value is -3.42. The minimum atomic E-state index is -1.03. The molecule has 8 heteroatoms. The summed E-state index contributed by atoms with van der Waals surface area (Å²) >= 11 is 0. The lowest BCUT2D eigenvalue weighted by atomic mass is 10.1. The SMILES string of the molecule is CC[C@@H](c1nc(-c2ccco2)nn1CC(=O)O)N1Cc2ccccc2C1=O. The third-order valence-corrected chi connectivity index (χ3v) is 4.64. The highest BCUT2D eigenvalue weighted by Crippen LogP contribution is 2.33. The second kappa shape index (κ2) is 6.71. The summed E-state index contributed by atoms with van der Waals surface area (Å²) in [6.45, 7) is 2.06. The fraction of sp³-hybridized carbons (Fsp3) is 0.263. The second-order valence-electron chi connectivity index (χ2n) is 6.34. The van der Waals surface area contributed by atoms with Crippen molar-refractivity contribution in [2.45, 2.75) is 32.5 Å². The van der Waals surface area contributed by atoms with Crippen LogP contribution >= 0.6 is 0 Å². The fourth-order valence-electron chi connectivity index (χ4n) is 3.43. The Kier molecular flexibility index (Phi) is 4.23. The number of benzene rings is 1. The van der Waals surface area contributed by atoms with Gasteiger partial charge in [-0.05, 0) is 30.2 Å². The van der Waals surface area contributed by atoms with Crippen LogP contribution in [0.3, 0.4) is 0 Å². The maximum Gasteiger partial charge on any atom is 0.325 e. The maximum atomic E-state index is 12.9. The monoisotopic (exact) mass is 366 g/mol. The van der Waals surface area contributed by atoms with Gasteiger partial charge in [0.05, 0.1) is 12.3 Å². The minimum Gasteiger partial charge on any atom is -0.480 e. The largest absolute Gasteiger partial charge is 0.480 e. The van der Waals surface area contributed by atoms with Gasteiger partial charge in [0, 0.05) is 12.1 Å². The number of carboxylic acids is 1. The van der Waals surface area contributed by atoms with Crippen molar-refractivity contribution in [1.82, 2.24) is 19.7 Å². The number of rotatable bonds is 6. The van der Waals surface area contributed by atoms with Gasteiger partial charge < -0.3 is 14.4 Å². The number of carbonyl (C=O) groups is 2. The number of hydrogen-bond donors (Lipinski definition) is 1. The third kappa shape index (κ3) is 2.99. The van der Waals surface area contributed by atoms with Crippen molar-refractivity contribution in [3.8, 4) is 11.6 Å². The summed E-state index contributed by atoms with van der Waals surface area (Å²) in [6.07, 6.45) is 2.08. The quantitative estimate of drug-likeness (QED) is 0.720. The molecule has 1 aliphatic rings. The van der Waals surface area contributed by atoms with Crippen molar-refractivity contribution >= 4 is 11.9 Å². The van der Waals surface area contributed by atoms with Gasteiger partial charge in [0.25, 0.3) is 5.91 Å². The van der Waals surface area contributed by atoms with E-state index in [0.29, 0.717) is 35.9 Å². The number of carboxylic acid groups (broad SMARTS) is 1. The van der Waals surface area contributed by atoms with Crippen molar-refractivity contribution in [3.63, 3.8) is 0 Å². The highest BCUT2D eigenvalue weighted by atomic mass is 16.4. The number of furan rings is 1. The number of aromatic nitrogens is 3. The maximum absolute atomic E-state index is 12.9. The molecule has 3 aromatic rings. The summed E-state index contributed by atoms with van der Waals surface area (Å²) in [5.74, 6) is 0.0810. The van der Waals surface area contributed by atoms with Gasteiger partial charge in [-0.15, -0.1) is 5.10 Å². The molecule has 1 aromatic carbocycles. The van der Waals surface area contributed by atoms with Crippen LogP contribution in [-0.4, -0.2) is 36.6 Å². The highest BCUT2D eigenvalue weighted by Gasteiger charge is 2.35. The van der Waals surface area contributed by atoms with Crippen LogP contribution in [0.1, 0.15) is 41.1 Å². The van der Waals surface area contributed by atoms with E-state index in [0.717, 1.165) is 5.56 Å². The first kappa shape index (κ1) is 17.0. The molecule has 27 heavy (non-hydrogen) atoms. The topological polar surface area (TPSA) is 101 Å². The molecule has 0 saturated carbocycles. The molecule has 0 saturated heterocycles. The molecule has 0 bridgehead atoms. The van der Waals surface area contributed by atoms with Crippen molar-refractivity contribution < 1.29 is 19.1 Å². The third-order valence-electron chi connectivity index (χ3n) is 4.64. The average Bonchev–Trinajstić information content (AvgIpc) is 3.37. The molecule has 0 spiro atoms. The van der Waals surface area contributed by atoms with Crippen LogP contribution < -0.4 is 0 Å². The lowest BCUT2D eigenvalue weighted by Gasteiger charge is -2.26. The number of fused-ring (bicyclic) bond motifs is 1. The van der Waals surface area contributed by atoms with Gasteiger partial charge in [0.2, 0.25) is 5.82 Å². The van der Waals surface area contributed by atoms with Gasteiger partial charge in [-0.2, -0.15) is 0 Å². The normalized spacial score (nSPS) is 14.4. The second-order valence-corrected chi connectivity index (χ2v) is 6.34. The summed E-state index contributed by atoms with van der Waals surface area (Å²) in [6, 6.07) is 10.5. The molecule has 0 unspecified atom stereocenters. The summed E-state index contributed by atoms with van der Waals surface area (Å²) < 4.78 is 6.68. The molecule has 1 aliphatic heterocycles. The van der Waals surface area contributed by atoms with Crippen LogP contribution in [0.15, 0.2) is 47.1 Å². The van der Waals surface area contributed by atoms with Crippen LogP contribution in [-0.2, 0) is 17.9 Å². The van der Waals surface area contributed by atoms with E-state index in [1.54, 1.807) is 23.1 Å². The molecule has 8 nitrogen and oxygen atoms in total. The van der Waals surface area contributed by atoms with Crippen LogP contribution in [0.4, 0.5) is 0 Å². The van der Waals surface area contributed by atoms with Crippen molar-refractivity contribution in [2.24, 2.45) is 0 Å². The smallest absolute Gasteiger partial charge is 0.325 e. The van der Waals surface area contributed by atoms with E-state index in [-0.39, 0.29) is 18.5 Å². The number of aliphatic carboxylic acids is 1. The molecule has 0 fully saturated rings. The first-order valence-electron chi connectivity index (χ1n) is 8.67. The standard InChI is InChI=1S/C19H18N4O4/c1-2-14(22-10-12-6-3-4-7-13(12)19(22)26)18-20-17(15-8-5-9-27-15)21-23(18)11-16(24)25/h3-9,14H,2,10-11H2,1H3,(H,24,25)/t14-/m0/s1. The molecule has 3 heterocycles. The van der Waals surface area contributed by atoms with Gasteiger partial charge >= 0.3 is 5.97 Å². The number of amides is 1. The minimum absolute atomic E-state index is 0.0816. The zero-order valence-electron chi connectivity index (χ0n) is 14.7. The molecular formula is C19H18N4O4. The lowest BCUT2D eigenvalue weighted by Crippen LogP contribution is -2.31. The molecule has 1 amide bonds. The first-order valence-corrected chi connectivity index (χ1v) is 8.67. The van der Waals surface area contributed by atoms with E-state index in [9.17, 15) is 14.7 Å². The number of carbonyl (C=O) groups excluding carboxylic acids is 1. The molecule has 4 rings (SSSR count). The molecule has 1 N–H and O–H groups in total. The summed E-state index contributed by atoms with van der Waals surface area (Å²) in [4.78, 5) is 30.4. The van der Waals surface area contributed by atoms with Crippen LogP contribution in [0, 0.1) is 0 Å². The molecule has 1 atom stereocenters. The Morgan fingerprint density at radius 2 is 2.11 bits per heavy atom. The Labute approximate surface area is 155 Å². The number of hydrogen-bond acceptors (Lipinski definition) is 5. The van der Waals surface area contributed by atoms with Gasteiger partial charge in [0.15, 0.2) is 11.6 Å².